The fraction of sp³-hybridized carbons (Fsp3) is 0.0952. The number of benzene rings is 1. The van der Waals surface area contributed by atoms with Gasteiger partial charge in [-0.15, -0.1) is 0 Å². The zero-order chi connectivity index (χ0) is 18.5. The summed E-state index contributed by atoms with van der Waals surface area (Å²) in [5.74, 6) is 0.165. The lowest BCUT2D eigenvalue weighted by molar-refractivity contribution is 0.0467. The van der Waals surface area contributed by atoms with E-state index in [-0.39, 0.29) is 6.61 Å². The summed E-state index contributed by atoms with van der Waals surface area (Å²) in [5, 5.41) is 0. The fourth-order valence-corrected chi connectivity index (χ4v) is 2.63. The lowest BCUT2D eigenvalue weighted by Gasteiger charge is -2.07. The van der Waals surface area contributed by atoms with Crippen LogP contribution < -0.4 is 4.74 Å². The molecule has 1 aromatic carbocycles. The zero-order valence-electron chi connectivity index (χ0n) is 14.5. The molecule has 6 heteroatoms. The lowest BCUT2D eigenvalue weighted by atomic mass is 10.2. The predicted octanol–water partition coefficient (Wildman–Crippen LogP) is 3.67. The van der Waals surface area contributed by atoms with Crippen LogP contribution in [0.1, 0.15) is 21.7 Å². The van der Waals surface area contributed by atoms with E-state index in [0.29, 0.717) is 23.6 Å². The molecule has 0 atom stereocenters. The van der Waals surface area contributed by atoms with E-state index < -0.39 is 5.97 Å². The van der Waals surface area contributed by atoms with Crippen LogP contribution in [0.2, 0.25) is 0 Å². The topological polar surface area (TPSA) is 65.7 Å². The summed E-state index contributed by atoms with van der Waals surface area (Å²) in [6.45, 7) is 0.445. The average molecular weight is 359 g/mol. The molecule has 3 heterocycles. The Balaban J connectivity index is 1.38. The number of rotatable bonds is 6. The van der Waals surface area contributed by atoms with E-state index in [4.69, 9.17) is 9.47 Å². The van der Waals surface area contributed by atoms with E-state index in [1.54, 1.807) is 30.5 Å². The van der Waals surface area contributed by atoms with Crippen molar-refractivity contribution in [3.05, 3.63) is 96.2 Å². The van der Waals surface area contributed by atoms with Gasteiger partial charge in [-0.1, -0.05) is 18.2 Å². The zero-order valence-corrected chi connectivity index (χ0v) is 14.5. The van der Waals surface area contributed by atoms with Crippen LogP contribution in [0.3, 0.4) is 0 Å². The second-order valence-corrected chi connectivity index (χ2v) is 5.91. The molecule has 27 heavy (non-hydrogen) atoms. The van der Waals surface area contributed by atoms with Crippen molar-refractivity contribution in [1.82, 2.24) is 14.4 Å². The molecule has 0 spiro atoms. The summed E-state index contributed by atoms with van der Waals surface area (Å²) < 4.78 is 13.0. The summed E-state index contributed by atoms with van der Waals surface area (Å²) in [4.78, 5) is 20.9. The quantitative estimate of drug-likeness (QED) is 0.492. The van der Waals surface area contributed by atoms with Crippen LogP contribution in [0, 0.1) is 0 Å². The van der Waals surface area contributed by atoms with Crippen LogP contribution in [0.5, 0.6) is 5.75 Å². The average Bonchev–Trinajstić information content (AvgIpc) is 3.14. The molecule has 3 aromatic heterocycles. The minimum atomic E-state index is -0.418. The first-order chi connectivity index (χ1) is 13.3. The Morgan fingerprint density at radius 3 is 2.74 bits per heavy atom. The van der Waals surface area contributed by atoms with E-state index in [1.165, 1.54) is 0 Å². The van der Waals surface area contributed by atoms with E-state index >= 15 is 0 Å². The van der Waals surface area contributed by atoms with Crippen LogP contribution in [0.25, 0.3) is 5.65 Å². The lowest BCUT2D eigenvalue weighted by Crippen LogP contribution is -2.06. The predicted molar refractivity (Wildman–Crippen MR) is 99.3 cm³/mol. The van der Waals surface area contributed by atoms with Crippen LogP contribution >= 0.6 is 0 Å². The first-order valence-electron chi connectivity index (χ1n) is 8.50. The molecule has 0 saturated carbocycles. The van der Waals surface area contributed by atoms with Gasteiger partial charge in [0.05, 0.1) is 17.0 Å². The summed E-state index contributed by atoms with van der Waals surface area (Å²) in [5.41, 5.74) is 2.80. The Labute approximate surface area is 156 Å². The molecule has 0 N–H and O–H groups in total. The van der Waals surface area contributed by atoms with Gasteiger partial charge in [0.15, 0.2) is 0 Å². The molecular weight excluding hydrogens is 342 g/mol. The summed E-state index contributed by atoms with van der Waals surface area (Å²) in [6.07, 6.45) is 5.52. The van der Waals surface area contributed by atoms with Gasteiger partial charge in [-0.2, -0.15) is 0 Å². The highest BCUT2D eigenvalue weighted by Gasteiger charge is 2.10. The van der Waals surface area contributed by atoms with Gasteiger partial charge < -0.3 is 13.9 Å². The third kappa shape index (κ3) is 4.12. The number of hydrogen-bond acceptors (Lipinski definition) is 5. The van der Waals surface area contributed by atoms with E-state index in [9.17, 15) is 4.79 Å². The van der Waals surface area contributed by atoms with Gasteiger partial charge in [-0.3, -0.25) is 4.98 Å². The van der Waals surface area contributed by atoms with Crippen molar-refractivity contribution >= 4 is 11.6 Å². The molecule has 0 unspecified atom stereocenters. The van der Waals surface area contributed by atoms with Gasteiger partial charge in [0.2, 0.25) is 0 Å². The molecule has 0 aliphatic carbocycles. The second kappa shape index (κ2) is 7.70. The van der Waals surface area contributed by atoms with Crippen molar-refractivity contribution in [2.24, 2.45) is 0 Å². The molecule has 0 aliphatic rings. The van der Waals surface area contributed by atoms with Gasteiger partial charge in [-0.25, -0.2) is 9.78 Å². The third-order valence-electron chi connectivity index (χ3n) is 3.95. The highest BCUT2D eigenvalue weighted by Crippen LogP contribution is 2.16. The normalized spacial score (nSPS) is 10.7. The maximum absolute atomic E-state index is 12.2. The van der Waals surface area contributed by atoms with Crippen LogP contribution in [0.15, 0.2) is 79.3 Å². The maximum atomic E-state index is 12.2. The van der Waals surface area contributed by atoms with Gasteiger partial charge in [0.1, 0.15) is 24.6 Å². The van der Waals surface area contributed by atoms with Crippen molar-refractivity contribution in [1.29, 1.82) is 0 Å². The Morgan fingerprint density at radius 2 is 1.89 bits per heavy atom. The molecular formula is C21H17N3O3. The number of carbonyl (C=O) groups is 1. The molecule has 4 rings (SSSR count). The molecule has 0 fully saturated rings. The Bertz CT molecular complexity index is 1030. The second-order valence-electron chi connectivity index (χ2n) is 5.91. The highest BCUT2D eigenvalue weighted by molar-refractivity contribution is 5.89. The molecule has 0 radical (unpaired) electrons. The number of nitrogens with zero attached hydrogens (tertiary/aromatic N) is 3. The third-order valence-corrected chi connectivity index (χ3v) is 3.95. The Kier molecular flexibility index (Phi) is 4.78. The molecule has 0 bridgehead atoms. The van der Waals surface area contributed by atoms with E-state index in [1.807, 2.05) is 53.2 Å². The van der Waals surface area contributed by atoms with Crippen molar-refractivity contribution in [3.63, 3.8) is 0 Å². The Hall–Kier alpha value is -3.67. The smallest absolute Gasteiger partial charge is 0.338 e. The van der Waals surface area contributed by atoms with Crippen molar-refractivity contribution in [2.75, 3.05) is 0 Å². The monoisotopic (exact) mass is 359 g/mol. The SMILES string of the molecule is O=C(OCc1ccccn1)c1cccc(OCc2cn3ccccc3n2)c1. The number of fused-ring (bicyclic) bond motifs is 1. The molecule has 134 valence electrons. The molecule has 0 amide bonds. The van der Waals surface area contributed by atoms with E-state index in [2.05, 4.69) is 9.97 Å². The minimum Gasteiger partial charge on any atom is -0.487 e. The number of imidazole rings is 1. The first-order valence-corrected chi connectivity index (χ1v) is 8.50. The summed E-state index contributed by atoms with van der Waals surface area (Å²) in [6, 6.07) is 18.2. The van der Waals surface area contributed by atoms with Gasteiger partial charge >= 0.3 is 5.97 Å². The van der Waals surface area contributed by atoms with Crippen molar-refractivity contribution < 1.29 is 14.3 Å². The first kappa shape index (κ1) is 16.8. The maximum Gasteiger partial charge on any atom is 0.338 e. The number of hydrogen-bond donors (Lipinski definition) is 0. The van der Waals surface area contributed by atoms with Gasteiger partial charge in [0, 0.05) is 18.6 Å². The molecule has 0 saturated heterocycles. The largest absolute Gasteiger partial charge is 0.487 e. The van der Waals surface area contributed by atoms with Crippen molar-refractivity contribution in [3.8, 4) is 5.75 Å². The summed E-state index contributed by atoms with van der Waals surface area (Å²) >= 11 is 0. The number of pyridine rings is 2. The Morgan fingerprint density at radius 1 is 0.963 bits per heavy atom. The van der Waals surface area contributed by atoms with E-state index in [0.717, 1.165) is 11.3 Å². The molecule has 4 aromatic rings. The highest BCUT2D eigenvalue weighted by atomic mass is 16.5. The molecule has 6 nitrogen and oxygen atoms in total. The standard InChI is InChI=1S/C21H17N3O3/c25-21(27-14-17-7-1-3-10-22-17)16-6-5-8-19(12-16)26-15-18-13-24-11-4-2-9-20(24)23-18/h1-13H,14-15H2. The number of aromatic nitrogens is 3. The summed E-state index contributed by atoms with van der Waals surface area (Å²) in [7, 11) is 0. The number of carbonyl (C=O) groups excluding carboxylic acids is 1. The fourth-order valence-electron chi connectivity index (χ4n) is 2.63. The number of esters is 1. The van der Waals surface area contributed by atoms with Crippen LogP contribution in [-0.2, 0) is 18.0 Å². The molecule has 0 aliphatic heterocycles. The van der Waals surface area contributed by atoms with Crippen molar-refractivity contribution in [2.45, 2.75) is 13.2 Å². The minimum absolute atomic E-state index is 0.131. The van der Waals surface area contributed by atoms with Crippen LogP contribution in [-0.4, -0.2) is 20.3 Å². The van der Waals surface area contributed by atoms with Gasteiger partial charge in [-0.05, 0) is 42.5 Å². The van der Waals surface area contributed by atoms with Gasteiger partial charge in [0.25, 0.3) is 0 Å². The number of ether oxygens (including phenoxy) is 2. The van der Waals surface area contributed by atoms with Crippen LogP contribution in [0.4, 0.5) is 0 Å².